The SMILES string of the molecule is Cc1sc2ncnc(N3CCN(CC(=O)NCc4ccccc4)CC3)c2c1C. The molecular weight excluding hydrogens is 370 g/mol. The van der Waals surface area contributed by atoms with Gasteiger partial charge in [0.2, 0.25) is 5.91 Å². The van der Waals surface area contributed by atoms with E-state index in [-0.39, 0.29) is 5.91 Å². The molecule has 0 saturated carbocycles. The first-order valence-electron chi connectivity index (χ1n) is 9.60. The molecule has 1 fully saturated rings. The highest BCUT2D eigenvalue weighted by atomic mass is 32.1. The van der Waals surface area contributed by atoms with E-state index >= 15 is 0 Å². The van der Waals surface area contributed by atoms with Crippen molar-refractivity contribution in [2.75, 3.05) is 37.6 Å². The summed E-state index contributed by atoms with van der Waals surface area (Å²) >= 11 is 1.73. The average molecular weight is 396 g/mol. The summed E-state index contributed by atoms with van der Waals surface area (Å²) in [6.07, 6.45) is 1.66. The second-order valence-corrected chi connectivity index (χ2v) is 8.39. The van der Waals surface area contributed by atoms with Gasteiger partial charge in [-0.3, -0.25) is 9.69 Å². The van der Waals surface area contributed by atoms with Gasteiger partial charge in [-0.1, -0.05) is 30.3 Å². The molecule has 0 spiro atoms. The van der Waals surface area contributed by atoms with E-state index in [1.54, 1.807) is 17.7 Å². The van der Waals surface area contributed by atoms with Gasteiger partial charge in [0.15, 0.2) is 0 Å². The maximum absolute atomic E-state index is 12.3. The third-order valence-corrected chi connectivity index (χ3v) is 6.43. The van der Waals surface area contributed by atoms with Gasteiger partial charge in [-0.2, -0.15) is 0 Å². The van der Waals surface area contributed by atoms with Crippen molar-refractivity contribution in [3.63, 3.8) is 0 Å². The second-order valence-electron chi connectivity index (χ2n) is 7.19. The molecule has 3 aromatic rings. The Labute approximate surface area is 169 Å². The van der Waals surface area contributed by atoms with Gasteiger partial charge in [-0.25, -0.2) is 9.97 Å². The largest absolute Gasteiger partial charge is 0.353 e. The molecule has 1 N–H and O–H groups in total. The number of hydrogen-bond acceptors (Lipinski definition) is 6. The molecule has 1 aliphatic rings. The molecule has 7 heteroatoms. The van der Waals surface area contributed by atoms with Gasteiger partial charge in [0.1, 0.15) is 17.0 Å². The van der Waals surface area contributed by atoms with Crippen LogP contribution in [0.15, 0.2) is 36.7 Å². The van der Waals surface area contributed by atoms with E-state index < -0.39 is 0 Å². The van der Waals surface area contributed by atoms with Gasteiger partial charge in [0.05, 0.1) is 11.9 Å². The van der Waals surface area contributed by atoms with E-state index in [1.807, 2.05) is 30.3 Å². The van der Waals surface area contributed by atoms with Crippen LogP contribution in [0.1, 0.15) is 16.0 Å². The molecule has 1 aromatic carbocycles. The first-order chi connectivity index (χ1) is 13.6. The molecule has 6 nitrogen and oxygen atoms in total. The van der Waals surface area contributed by atoms with Crippen LogP contribution in [0.5, 0.6) is 0 Å². The number of rotatable bonds is 5. The second kappa shape index (κ2) is 8.24. The van der Waals surface area contributed by atoms with Crippen LogP contribution in [0.25, 0.3) is 10.2 Å². The van der Waals surface area contributed by atoms with Crippen molar-refractivity contribution in [3.05, 3.63) is 52.7 Å². The molecule has 0 atom stereocenters. The minimum absolute atomic E-state index is 0.0750. The van der Waals surface area contributed by atoms with Gasteiger partial charge in [0, 0.05) is 37.6 Å². The van der Waals surface area contributed by atoms with Gasteiger partial charge >= 0.3 is 0 Å². The summed E-state index contributed by atoms with van der Waals surface area (Å²) in [6, 6.07) is 10.0. The Morgan fingerprint density at radius 2 is 1.86 bits per heavy atom. The van der Waals surface area contributed by atoms with Crippen molar-refractivity contribution in [3.8, 4) is 0 Å². The summed E-state index contributed by atoms with van der Waals surface area (Å²) in [5.41, 5.74) is 2.40. The molecule has 0 radical (unpaired) electrons. The molecule has 3 heterocycles. The predicted octanol–water partition coefficient (Wildman–Crippen LogP) is 2.75. The molecule has 0 bridgehead atoms. The average Bonchev–Trinajstić information content (AvgIpc) is 3.02. The fourth-order valence-electron chi connectivity index (χ4n) is 3.58. The lowest BCUT2D eigenvalue weighted by Gasteiger charge is -2.35. The van der Waals surface area contributed by atoms with Crippen LogP contribution in [-0.2, 0) is 11.3 Å². The molecule has 0 aliphatic carbocycles. The number of amides is 1. The van der Waals surface area contributed by atoms with Crippen LogP contribution in [0.3, 0.4) is 0 Å². The van der Waals surface area contributed by atoms with Crippen LogP contribution in [-0.4, -0.2) is 53.5 Å². The summed E-state index contributed by atoms with van der Waals surface area (Å²) in [5.74, 6) is 1.10. The number of carbonyl (C=O) groups is 1. The van der Waals surface area contributed by atoms with E-state index in [0.717, 1.165) is 42.4 Å². The number of nitrogens with zero attached hydrogens (tertiary/aromatic N) is 4. The minimum Gasteiger partial charge on any atom is -0.353 e. The lowest BCUT2D eigenvalue weighted by atomic mass is 10.2. The van der Waals surface area contributed by atoms with Crippen LogP contribution >= 0.6 is 11.3 Å². The number of anilines is 1. The van der Waals surface area contributed by atoms with Crippen molar-refractivity contribution in [1.29, 1.82) is 0 Å². The third kappa shape index (κ3) is 4.00. The van der Waals surface area contributed by atoms with E-state index in [1.165, 1.54) is 15.8 Å². The lowest BCUT2D eigenvalue weighted by Crippen LogP contribution is -2.49. The van der Waals surface area contributed by atoms with Crippen LogP contribution < -0.4 is 10.2 Å². The maximum atomic E-state index is 12.3. The summed E-state index contributed by atoms with van der Waals surface area (Å²) in [5, 5.41) is 4.19. The minimum atomic E-state index is 0.0750. The quantitative estimate of drug-likeness (QED) is 0.720. The molecule has 1 saturated heterocycles. The standard InChI is InChI=1S/C21H25N5OS/c1-15-16(2)28-21-19(15)20(23-14-24-21)26-10-8-25(9-11-26)13-18(27)22-12-17-6-4-3-5-7-17/h3-7,14H,8-13H2,1-2H3,(H,22,27). The van der Waals surface area contributed by atoms with E-state index in [2.05, 4.69) is 38.9 Å². The summed E-state index contributed by atoms with van der Waals surface area (Å²) < 4.78 is 0. The number of benzene rings is 1. The Kier molecular flexibility index (Phi) is 5.54. The summed E-state index contributed by atoms with van der Waals surface area (Å²) in [7, 11) is 0. The van der Waals surface area contributed by atoms with Crippen molar-refractivity contribution in [1.82, 2.24) is 20.2 Å². The Bertz CT molecular complexity index is 964. The third-order valence-electron chi connectivity index (χ3n) is 5.32. The Morgan fingerprint density at radius 1 is 1.11 bits per heavy atom. The zero-order chi connectivity index (χ0) is 19.5. The zero-order valence-electron chi connectivity index (χ0n) is 16.3. The molecule has 1 amide bonds. The van der Waals surface area contributed by atoms with Gasteiger partial charge in [-0.05, 0) is 25.0 Å². The van der Waals surface area contributed by atoms with E-state index in [0.29, 0.717) is 13.1 Å². The van der Waals surface area contributed by atoms with E-state index in [9.17, 15) is 4.79 Å². The Hall–Kier alpha value is -2.51. The first-order valence-corrected chi connectivity index (χ1v) is 10.4. The highest BCUT2D eigenvalue weighted by Crippen LogP contribution is 2.34. The van der Waals surface area contributed by atoms with Gasteiger partial charge in [-0.15, -0.1) is 11.3 Å². The monoisotopic (exact) mass is 395 g/mol. The fourth-order valence-corrected chi connectivity index (χ4v) is 4.57. The number of carbonyl (C=O) groups excluding carboxylic acids is 1. The molecule has 1 aliphatic heterocycles. The number of hydrogen-bond donors (Lipinski definition) is 1. The lowest BCUT2D eigenvalue weighted by molar-refractivity contribution is -0.122. The van der Waals surface area contributed by atoms with Crippen molar-refractivity contribution < 1.29 is 4.79 Å². The van der Waals surface area contributed by atoms with Gasteiger partial charge < -0.3 is 10.2 Å². The van der Waals surface area contributed by atoms with Crippen LogP contribution in [0, 0.1) is 13.8 Å². The number of fused-ring (bicyclic) bond motifs is 1. The molecular formula is C21H25N5OS. The topological polar surface area (TPSA) is 61.4 Å². The molecule has 28 heavy (non-hydrogen) atoms. The summed E-state index contributed by atoms with van der Waals surface area (Å²) in [6.45, 7) is 8.75. The number of thiophene rings is 1. The van der Waals surface area contributed by atoms with Gasteiger partial charge in [0.25, 0.3) is 0 Å². The Morgan fingerprint density at radius 3 is 2.61 bits per heavy atom. The predicted molar refractivity (Wildman–Crippen MR) is 114 cm³/mol. The number of piperazine rings is 1. The smallest absolute Gasteiger partial charge is 0.234 e. The van der Waals surface area contributed by atoms with Crippen molar-refractivity contribution in [2.24, 2.45) is 0 Å². The normalized spacial score (nSPS) is 15.1. The van der Waals surface area contributed by atoms with Crippen molar-refractivity contribution >= 4 is 33.3 Å². The highest BCUT2D eigenvalue weighted by Gasteiger charge is 2.23. The maximum Gasteiger partial charge on any atom is 0.234 e. The molecule has 0 unspecified atom stereocenters. The number of aromatic nitrogens is 2. The fraction of sp³-hybridized carbons (Fsp3) is 0.381. The zero-order valence-corrected chi connectivity index (χ0v) is 17.1. The molecule has 4 rings (SSSR count). The number of nitrogens with one attached hydrogen (secondary N) is 1. The van der Waals surface area contributed by atoms with Crippen molar-refractivity contribution in [2.45, 2.75) is 20.4 Å². The van der Waals surface area contributed by atoms with Crippen LogP contribution in [0.4, 0.5) is 5.82 Å². The first kappa shape index (κ1) is 18.8. The van der Waals surface area contributed by atoms with E-state index in [4.69, 9.17) is 0 Å². The summed E-state index contributed by atoms with van der Waals surface area (Å²) in [4.78, 5) is 28.2. The Balaban J connectivity index is 1.33. The number of aryl methyl sites for hydroxylation is 2. The molecule has 2 aromatic heterocycles. The molecule has 146 valence electrons. The highest BCUT2D eigenvalue weighted by molar-refractivity contribution is 7.18. The van der Waals surface area contributed by atoms with Crippen LogP contribution in [0.2, 0.25) is 0 Å².